The molecule has 0 aliphatic carbocycles. The van der Waals surface area contributed by atoms with Gasteiger partial charge < -0.3 is 4.74 Å². The third kappa shape index (κ3) is 1.28. The number of methoxy groups -OCH3 is 1. The average molecular weight is 172 g/mol. The van der Waals surface area contributed by atoms with Gasteiger partial charge in [0.15, 0.2) is 0 Å². The number of aromatic nitrogens is 2. The maximum Gasteiger partial charge on any atom is 0.146 e. The molecule has 0 aliphatic rings. The molecule has 64 valence electrons. The molecule has 2 radical (unpaired) electrons. The van der Waals surface area contributed by atoms with Crippen LogP contribution in [0.15, 0.2) is 18.3 Å². The van der Waals surface area contributed by atoms with Crippen molar-refractivity contribution in [3.05, 3.63) is 18.3 Å². The van der Waals surface area contributed by atoms with Crippen LogP contribution in [-0.4, -0.2) is 24.7 Å². The molecule has 3 nitrogen and oxygen atoms in total. The number of benzene rings is 1. The zero-order valence-corrected chi connectivity index (χ0v) is 7.61. The summed E-state index contributed by atoms with van der Waals surface area (Å²) >= 11 is 0. The molecule has 0 saturated carbocycles. The number of ether oxygens (including phenoxy) is 1. The molecule has 0 atom stereocenters. The Morgan fingerprint density at radius 3 is 2.92 bits per heavy atom. The molecule has 0 fully saturated rings. The molecular formula is C9H9BN2O. The zero-order chi connectivity index (χ0) is 9.42. The van der Waals surface area contributed by atoms with E-state index in [2.05, 4.69) is 5.10 Å². The van der Waals surface area contributed by atoms with Crippen LogP contribution < -0.4 is 10.2 Å². The fraction of sp³-hybridized carbons (Fsp3) is 0.222. The van der Waals surface area contributed by atoms with E-state index in [1.54, 1.807) is 17.9 Å². The van der Waals surface area contributed by atoms with Crippen molar-refractivity contribution in [3.63, 3.8) is 0 Å². The number of nitrogens with zero attached hydrogens (tertiary/aromatic N) is 2. The predicted molar refractivity (Wildman–Crippen MR) is 52.7 cm³/mol. The van der Waals surface area contributed by atoms with Gasteiger partial charge in [-0.3, -0.25) is 4.68 Å². The van der Waals surface area contributed by atoms with Crippen molar-refractivity contribution in [1.29, 1.82) is 0 Å². The Hall–Kier alpha value is -1.45. The monoisotopic (exact) mass is 172 g/mol. The average Bonchev–Trinajstić information content (AvgIpc) is 2.43. The minimum atomic E-state index is 0.692. The Bertz CT molecular complexity index is 450. The molecule has 0 amide bonds. The number of aryl methyl sites for hydroxylation is 1. The molecule has 2 rings (SSSR count). The van der Waals surface area contributed by atoms with Crippen molar-refractivity contribution < 1.29 is 4.74 Å². The summed E-state index contributed by atoms with van der Waals surface area (Å²) in [6.45, 7) is 0. The van der Waals surface area contributed by atoms with E-state index in [1.807, 2.05) is 19.3 Å². The summed E-state index contributed by atoms with van der Waals surface area (Å²) < 4.78 is 6.91. The first-order valence-corrected chi connectivity index (χ1v) is 3.97. The number of rotatable bonds is 1. The molecule has 0 spiro atoms. The summed E-state index contributed by atoms with van der Waals surface area (Å²) in [5, 5.41) is 5.26. The maximum atomic E-state index is 5.69. The third-order valence-corrected chi connectivity index (χ3v) is 1.93. The Kier molecular flexibility index (Phi) is 1.76. The third-order valence-electron chi connectivity index (χ3n) is 1.93. The fourth-order valence-corrected chi connectivity index (χ4v) is 1.40. The highest BCUT2D eigenvalue weighted by Crippen LogP contribution is 2.21. The molecule has 13 heavy (non-hydrogen) atoms. The van der Waals surface area contributed by atoms with Gasteiger partial charge in [0, 0.05) is 18.6 Å². The molecular weight excluding hydrogens is 163 g/mol. The van der Waals surface area contributed by atoms with E-state index in [4.69, 9.17) is 12.6 Å². The molecule has 1 aromatic heterocycles. The predicted octanol–water partition coefficient (Wildman–Crippen LogP) is 0.376. The molecule has 0 saturated heterocycles. The van der Waals surface area contributed by atoms with E-state index >= 15 is 0 Å². The second-order valence-electron chi connectivity index (χ2n) is 2.96. The molecule has 1 aromatic carbocycles. The van der Waals surface area contributed by atoms with Gasteiger partial charge in [-0.2, -0.15) is 5.10 Å². The summed E-state index contributed by atoms with van der Waals surface area (Å²) in [6, 6.07) is 3.65. The topological polar surface area (TPSA) is 27.1 Å². The normalized spacial score (nSPS) is 10.6. The standard InChI is InChI=1S/C9H9BN2O/c1-12-5-6-3-7(10)4-8(13-2)9(6)11-12/h3-5H,1-2H3. The zero-order valence-electron chi connectivity index (χ0n) is 7.61. The van der Waals surface area contributed by atoms with E-state index in [0.717, 1.165) is 16.7 Å². The lowest BCUT2D eigenvalue weighted by atomic mass is 9.95. The lowest BCUT2D eigenvalue weighted by molar-refractivity contribution is 0.419. The SMILES string of the molecule is [B]c1cc(OC)c2nn(C)cc2c1. The van der Waals surface area contributed by atoms with Gasteiger partial charge in [-0.15, -0.1) is 0 Å². The quantitative estimate of drug-likeness (QED) is 0.581. The first kappa shape index (κ1) is 8.17. The van der Waals surface area contributed by atoms with Crippen molar-refractivity contribution in [2.45, 2.75) is 0 Å². The molecule has 0 bridgehead atoms. The van der Waals surface area contributed by atoms with E-state index in [9.17, 15) is 0 Å². The van der Waals surface area contributed by atoms with Crippen LogP contribution in [-0.2, 0) is 7.05 Å². The van der Waals surface area contributed by atoms with E-state index in [-0.39, 0.29) is 0 Å². The van der Waals surface area contributed by atoms with E-state index < -0.39 is 0 Å². The number of fused-ring (bicyclic) bond motifs is 1. The van der Waals surface area contributed by atoms with E-state index in [1.165, 1.54) is 0 Å². The van der Waals surface area contributed by atoms with Crippen molar-refractivity contribution in [2.75, 3.05) is 7.11 Å². The van der Waals surface area contributed by atoms with Crippen LogP contribution >= 0.6 is 0 Å². The lowest BCUT2D eigenvalue weighted by Crippen LogP contribution is -2.01. The van der Waals surface area contributed by atoms with Gasteiger partial charge in [0.1, 0.15) is 19.1 Å². The maximum absolute atomic E-state index is 5.69. The van der Waals surface area contributed by atoms with E-state index in [0.29, 0.717) is 5.46 Å². The first-order valence-electron chi connectivity index (χ1n) is 3.97. The molecule has 0 unspecified atom stereocenters. The minimum absolute atomic E-state index is 0.692. The smallest absolute Gasteiger partial charge is 0.146 e. The lowest BCUT2D eigenvalue weighted by Gasteiger charge is -2.01. The van der Waals surface area contributed by atoms with Crippen molar-refractivity contribution in [3.8, 4) is 5.75 Å². The fourth-order valence-electron chi connectivity index (χ4n) is 1.40. The molecule has 0 aliphatic heterocycles. The summed E-state index contributed by atoms with van der Waals surface area (Å²) in [6.07, 6.45) is 1.91. The van der Waals surface area contributed by atoms with Gasteiger partial charge in [0.05, 0.1) is 7.11 Å². The Morgan fingerprint density at radius 1 is 1.46 bits per heavy atom. The van der Waals surface area contributed by atoms with Crippen molar-refractivity contribution in [1.82, 2.24) is 9.78 Å². The highest BCUT2D eigenvalue weighted by Gasteiger charge is 2.05. The summed E-state index contributed by atoms with van der Waals surface area (Å²) in [5.41, 5.74) is 1.54. The minimum Gasteiger partial charge on any atom is -0.494 e. The van der Waals surface area contributed by atoms with Crippen molar-refractivity contribution >= 4 is 24.2 Å². The van der Waals surface area contributed by atoms with Crippen LogP contribution in [0.5, 0.6) is 5.75 Å². The second kappa shape index (κ2) is 2.80. The van der Waals surface area contributed by atoms with Crippen LogP contribution in [0.25, 0.3) is 10.9 Å². The van der Waals surface area contributed by atoms with Gasteiger partial charge in [0.2, 0.25) is 0 Å². The van der Waals surface area contributed by atoms with Crippen LogP contribution in [0, 0.1) is 0 Å². The highest BCUT2D eigenvalue weighted by molar-refractivity contribution is 6.33. The molecule has 1 heterocycles. The van der Waals surface area contributed by atoms with Gasteiger partial charge in [-0.25, -0.2) is 0 Å². The highest BCUT2D eigenvalue weighted by atomic mass is 16.5. The number of hydrogen-bond acceptors (Lipinski definition) is 2. The van der Waals surface area contributed by atoms with Crippen LogP contribution in [0.1, 0.15) is 0 Å². The largest absolute Gasteiger partial charge is 0.494 e. The summed E-state index contributed by atoms with van der Waals surface area (Å²) in [5.74, 6) is 0.718. The van der Waals surface area contributed by atoms with Gasteiger partial charge >= 0.3 is 0 Å². The van der Waals surface area contributed by atoms with Gasteiger partial charge in [0.25, 0.3) is 0 Å². The molecule has 0 N–H and O–H groups in total. The van der Waals surface area contributed by atoms with Crippen LogP contribution in [0.3, 0.4) is 0 Å². The second-order valence-corrected chi connectivity index (χ2v) is 2.96. The van der Waals surface area contributed by atoms with Crippen LogP contribution in [0.4, 0.5) is 0 Å². The van der Waals surface area contributed by atoms with Crippen LogP contribution in [0.2, 0.25) is 0 Å². The first-order chi connectivity index (χ1) is 6.20. The van der Waals surface area contributed by atoms with Gasteiger partial charge in [-0.05, 0) is 6.07 Å². The molecule has 2 aromatic rings. The Labute approximate surface area is 77.7 Å². The Balaban J connectivity index is 2.80. The molecule has 4 heteroatoms. The van der Waals surface area contributed by atoms with Crippen molar-refractivity contribution in [2.24, 2.45) is 7.05 Å². The number of hydrogen-bond donors (Lipinski definition) is 0. The van der Waals surface area contributed by atoms with Gasteiger partial charge in [-0.1, -0.05) is 11.5 Å². The summed E-state index contributed by atoms with van der Waals surface area (Å²) in [4.78, 5) is 0. The summed E-state index contributed by atoms with van der Waals surface area (Å²) in [7, 11) is 9.18. The Morgan fingerprint density at radius 2 is 2.23 bits per heavy atom.